The second kappa shape index (κ2) is 6.42. The number of rotatable bonds is 3. The highest BCUT2D eigenvalue weighted by molar-refractivity contribution is 7.21. The molecule has 0 aliphatic heterocycles. The number of aromatic nitrogens is 2. The van der Waals surface area contributed by atoms with Gasteiger partial charge in [-0.1, -0.05) is 18.6 Å². The molecule has 2 aliphatic carbocycles. The molecule has 7 heteroatoms. The third kappa shape index (κ3) is 2.71. The van der Waals surface area contributed by atoms with Gasteiger partial charge in [-0.3, -0.25) is 19.1 Å². The van der Waals surface area contributed by atoms with E-state index in [0.29, 0.717) is 27.1 Å². The lowest BCUT2D eigenvalue weighted by atomic mass is 9.95. The van der Waals surface area contributed by atoms with Gasteiger partial charge in [0, 0.05) is 11.6 Å². The Morgan fingerprint density at radius 2 is 1.97 bits per heavy atom. The molecule has 3 N–H and O–H groups in total. The van der Waals surface area contributed by atoms with Crippen LogP contribution >= 0.6 is 11.3 Å². The van der Waals surface area contributed by atoms with Gasteiger partial charge in [-0.05, 0) is 62.1 Å². The van der Waals surface area contributed by atoms with E-state index in [4.69, 9.17) is 5.73 Å². The lowest BCUT2D eigenvalue weighted by Gasteiger charge is -2.24. The van der Waals surface area contributed by atoms with Crippen LogP contribution in [-0.4, -0.2) is 15.3 Å². The highest BCUT2D eigenvalue weighted by atomic mass is 32.1. The van der Waals surface area contributed by atoms with Gasteiger partial charge in [0.2, 0.25) is 5.78 Å². The average molecular weight is 410 g/mol. The number of fused-ring (bicyclic) bond motifs is 3. The third-order valence-electron chi connectivity index (χ3n) is 6.82. The van der Waals surface area contributed by atoms with Crippen molar-refractivity contribution in [2.24, 2.45) is 11.8 Å². The molecule has 0 spiro atoms. The predicted molar refractivity (Wildman–Crippen MR) is 115 cm³/mol. The fourth-order valence-electron chi connectivity index (χ4n) is 5.14. The summed E-state index contributed by atoms with van der Waals surface area (Å²) in [5, 5.41) is 0.268. The highest BCUT2D eigenvalue weighted by Crippen LogP contribution is 2.51. The van der Waals surface area contributed by atoms with Crippen molar-refractivity contribution in [3.8, 4) is 0 Å². The summed E-state index contributed by atoms with van der Waals surface area (Å²) in [7, 11) is 0. The maximum Gasteiger partial charge on any atom is 0.329 e. The molecular weight excluding hydrogens is 386 g/mol. The van der Waals surface area contributed by atoms with Gasteiger partial charge >= 0.3 is 5.69 Å². The van der Waals surface area contributed by atoms with Gasteiger partial charge in [0.05, 0.1) is 11.1 Å². The lowest BCUT2D eigenvalue weighted by molar-refractivity contribution is 0.104. The second-order valence-corrected chi connectivity index (χ2v) is 9.52. The minimum atomic E-state index is -0.516. The molecule has 29 heavy (non-hydrogen) atoms. The lowest BCUT2D eigenvalue weighted by Crippen LogP contribution is -2.34. The number of anilines is 1. The van der Waals surface area contributed by atoms with Crippen LogP contribution in [0.25, 0.3) is 10.2 Å². The van der Waals surface area contributed by atoms with Gasteiger partial charge < -0.3 is 5.73 Å². The van der Waals surface area contributed by atoms with Gasteiger partial charge in [-0.2, -0.15) is 0 Å². The van der Waals surface area contributed by atoms with E-state index in [2.05, 4.69) is 4.98 Å². The number of nitrogens with two attached hydrogens (primary N) is 1. The van der Waals surface area contributed by atoms with Crippen molar-refractivity contribution in [1.82, 2.24) is 9.55 Å². The number of nitrogen functional groups attached to an aromatic ring is 1. The first kappa shape index (κ1) is 18.4. The molecule has 2 heterocycles. The van der Waals surface area contributed by atoms with Crippen LogP contribution < -0.4 is 17.0 Å². The highest BCUT2D eigenvalue weighted by Gasteiger charge is 2.42. The van der Waals surface area contributed by atoms with Crippen molar-refractivity contribution in [3.63, 3.8) is 0 Å². The summed E-state index contributed by atoms with van der Waals surface area (Å²) in [5.74, 6) is 0.889. The summed E-state index contributed by atoms with van der Waals surface area (Å²) in [6, 6.07) is 5.60. The van der Waals surface area contributed by atoms with E-state index in [0.717, 1.165) is 30.4 Å². The van der Waals surface area contributed by atoms with E-state index < -0.39 is 11.2 Å². The second-order valence-electron chi connectivity index (χ2n) is 8.52. The van der Waals surface area contributed by atoms with Crippen LogP contribution in [0.15, 0.2) is 27.8 Å². The van der Waals surface area contributed by atoms with Crippen molar-refractivity contribution < 1.29 is 4.79 Å². The van der Waals surface area contributed by atoms with E-state index in [-0.39, 0.29) is 22.9 Å². The number of aryl methyl sites for hydroxylation is 2. The topological polar surface area (TPSA) is 98.0 Å². The molecule has 2 aliphatic rings. The van der Waals surface area contributed by atoms with Gasteiger partial charge in [-0.15, -0.1) is 11.3 Å². The fraction of sp³-hybridized carbons (Fsp3) is 0.409. The van der Waals surface area contributed by atoms with Crippen LogP contribution in [0, 0.1) is 25.7 Å². The summed E-state index contributed by atoms with van der Waals surface area (Å²) in [4.78, 5) is 41.8. The third-order valence-corrected chi connectivity index (χ3v) is 8.02. The number of hydrogen-bond donors (Lipinski definition) is 2. The van der Waals surface area contributed by atoms with Crippen molar-refractivity contribution >= 4 is 33.0 Å². The number of carbonyl (C=O) groups is 1. The smallest absolute Gasteiger partial charge is 0.329 e. The Kier molecular flexibility index (Phi) is 4.07. The number of benzene rings is 1. The first-order valence-electron chi connectivity index (χ1n) is 10.0. The number of nitrogens with zero attached hydrogens (tertiary/aromatic N) is 1. The standard InChI is InChI=1S/C22H23N3O3S/c1-10-3-5-14(7-11(10)2)18(26)19-17(23)16-20(27)24-22(28)25(21(16)29-19)15-9-12-4-6-13(15)8-12/h3,5,7,12-13,15H,4,6,8-9,23H2,1-2H3,(H,24,27,28)/t12-,13-,15+/m0/s1. The van der Waals surface area contributed by atoms with E-state index in [9.17, 15) is 14.4 Å². The molecule has 3 aromatic rings. The number of thiophene rings is 1. The zero-order valence-corrected chi connectivity index (χ0v) is 17.3. The molecule has 0 radical (unpaired) electrons. The Balaban J connectivity index is 1.69. The van der Waals surface area contributed by atoms with E-state index in [1.807, 2.05) is 26.0 Å². The number of carbonyl (C=O) groups excluding carboxylic acids is 1. The molecule has 2 saturated carbocycles. The van der Waals surface area contributed by atoms with Crippen molar-refractivity contribution in [2.75, 3.05) is 5.73 Å². The van der Waals surface area contributed by atoms with Crippen LogP contribution in [0.4, 0.5) is 5.69 Å². The Morgan fingerprint density at radius 3 is 2.62 bits per heavy atom. The van der Waals surface area contributed by atoms with Gasteiger partial charge in [0.25, 0.3) is 5.56 Å². The number of aromatic amines is 1. The largest absolute Gasteiger partial charge is 0.397 e. The maximum atomic E-state index is 13.2. The molecule has 0 amide bonds. The molecule has 1 aromatic carbocycles. The van der Waals surface area contributed by atoms with Crippen molar-refractivity contribution in [3.05, 3.63) is 60.6 Å². The quantitative estimate of drug-likeness (QED) is 0.647. The first-order valence-corrected chi connectivity index (χ1v) is 10.9. The summed E-state index contributed by atoms with van der Waals surface area (Å²) < 4.78 is 1.71. The van der Waals surface area contributed by atoms with Gasteiger partial charge in [0.1, 0.15) is 9.71 Å². The molecule has 0 unspecified atom stereocenters. The normalized spacial score (nSPS) is 23.2. The van der Waals surface area contributed by atoms with Crippen LogP contribution in [0.3, 0.4) is 0 Å². The Morgan fingerprint density at radius 1 is 1.17 bits per heavy atom. The molecule has 2 fully saturated rings. The zero-order valence-electron chi connectivity index (χ0n) is 16.5. The monoisotopic (exact) mass is 409 g/mol. The Bertz CT molecular complexity index is 1280. The molecule has 0 saturated heterocycles. The van der Waals surface area contributed by atoms with E-state index in [1.54, 1.807) is 10.6 Å². The number of ketones is 1. The molecular formula is C22H23N3O3S. The minimum Gasteiger partial charge on any atom is -0.397 e. The molecule has 3 atom stereocenters. The average Bonchev–Trinajstić information content (AvgIpc) is 3.38. The maximum absolute atomic E-state index is 13.2. The van der Waals surface area contributed by atoms with Gasteiger partial charge in [-0.25, -0.2) is 4.79 Å². The Hall–Kier alpha value is -2.67. The van der Waals surface area contributed by atoms with Gasteiger partial charge in [0.15, 0.2) is 0 Å². The van der Waals surface area contributed by atoms with Crippen LogP contribution in [0.5, 0.6) is 0 Å². The van der Waals surface area contributed by atoms with Crippen molar-refractivity contribution in [1.29, 1.82) is 0 Å². The molecule has 5 rings (SSSR count). The number of H-pyrrole nitrogens is 1. The number of nitrogens with one attached hydrogen (secondary N) is 1. The van der Waals surface area contributed by atoms with Crippen LogP contribution in [0.1, 0.15) is 58.1 Å². The number of hydrogen-bond acceptors (Lipinski definition) is 5. The predicted octanol–water partition coefficient (Wildman–Crippen LogP) is 3.54. The van der Waals surface area contributed by atoms with E-state index >= 15 is 0 Å². The first-order chi connectivity index (χ1) is 13.8. The zero-order chi connectivity index (χ0) is 20.4. The Labute approximate surface area is 171 Å². The minimum absolute atomic E-state index is 0.0724. The summed E-state index contributed by atoms with van der Waals surface area (Å²) in [6.45, 7) is 3.95. The molecule has 6 nitrogen and oxygen atoms in total. The molecule has 150 valence electrons. The molecule has 2 bridgehead atoms. The van der Waals surface area contributed by atoms with Crippen LogP contribution in [-0.2, 0) is 0 Å². The summed E-state index contributed by atoms with van der Waals surface area (Å²) in [5.41, 5.74) is 8.22. The van der Waals surface area contributed by atoms with Crippen molar-refractivity contribution in [2.45, 2.75) is 45.6 Å². The summed E-state index contributed by atoms with van der Waals surface area (Å²) in [6.07, 6.45) is 4.40. The van der Waals surface area contributed by atoms with Crippen LogP contribution in [0.2, 0.25) is 0 Å². The van der Waals surface area contributed by atoms with E-state index in [1.165, 1.54) is 17.8 Å². The summed E-state index contributed by atoms with van der Waals surface area (Å²) >= 11 is 1.17. The fourth-order valence-corrected chi connectivity index (χ4v) is 6.38. The molecule has 2 aromatic heterocycles. The SMILES string of the molecule is Cc1ccc(C(=O)c2sc3c(c2N)c(=O)[nH]c(=O)n3[C@@H]2C[C@H]3CC[C@H]2C3)cc1C.